The van der Waals surface area contributed by atoms with Crippen molar-refractivity contribution < 1.29 is 14.0 Å². The second-order valence-electron chi connectivity index (χ2n) is 6.78. The zero-order chi connectivity index (χ0) is 19.3. The van der Waals surface area contributed by atoms with Gasteiger partial charge in [-0.1, -0.05) is 5.16 Å². The molecule has 1 aliphatic carbocycles. The van der Waals surface area contributed by atoms with E-state index in [2.05, 4.69) is 10.1 Å². The molecule has 1 saturated carbocycles. The molecule has 10 heteroatoms. The normalized spacial score (nSPS) is 21.3. The lowest BCUT2D eigenvalue weighted by molar-refractivity contribution is 0.212. The maximum Gasteiger partial charge on any atom is 0.333 e. The number of oxime groups is 1. The molecule has 0 bridgehead atoms. The van der Waals surface area contributed by atoms with Gasteiger partial charge in [0.05, 0.1) is 31.6 Å². The lowest BCUT2D eigenvalue weighted by Crippen LogP contribution is -2.32. The fourth-order valence-corrected chi connectivity index (χ4v) is 3.66. The maximum atomic E-state index is 15.0. The zero-order valence-corrected chi connectivity index (χ0v) is 15.0. The summed E-state index contributed by atoms with van der Waals surface area (Å²) in [6.45, 7) is 0.558. The lowest BCUT2D eigenvalue weighted by atomic mass is 10.1. The van der Waals surface area contributed by atoms with Gasteiger partial charge in [0.1, 0.15) is 18.3 Å². The molecule has 27 heavy (non-hydrogen) atoms. The van der Waals surface area contributed by atoms with Gasteiger partial charge in [0.25, 0.3) is 5.56 Å². The van der Waals surface area contributed by atoms with Gasteiger partial charge < -0.3 is 20.2 Å². The monoisotopic (exact) mass is 377 g/mol. The Morgan fingerprint density at radius 2 is 2.07 bits per heavy atom. The van der Waals surface area contributed by atoms with E-state index in [1.54, 1.807) is 4.90 Å². The van der Waals surface area contributed by atoms with Crippen LogP contribution in [-0.4, -0.2) is 48.4 Å². The quantitative estimate of drug-likeness (QED) is 0.734. The van der Waals surface area contributed by atoms with Gasteiger partial charge in [-0.25, -0.2) is 9.18 Å². The Morgan fingerprint density at radius 1 is 1.33 bits per heavy atom. The molecule has 0 radical (unpaired) electrons. The van der Waals surface area contributed by atoms with Gasteiger partial charge in [-0.15, -0.1) is 0 Å². The van der Waals surface area contributed by atoms with Crippen LogP contribution < -0.4 is 26.6 Å². The highest BCUT2D eigenvalue weighted by atomic mass is 19.1. The van der Waals surface area contributed by atoms with Crippen molar-refractivity contribution in [3.8, 4) is 5.75 Å². The highest BCUT2D eigenvalue weighted by molar-refractivity contribution is 5.97. The first-order valence-electron chi connectivity index (χ1n) is 8.61. The van der Waals surface area contributed by atoms with Crippen molar-refractivity contribution in [2.75, 3.05) is 32.2 Å². The molecule has 3 heterocycles. The molecule has 0 spiro atoms. The highest BCUT2D eigenvalue weighted by Crippen LogP contribution is 2.44. The molecule has 0 aromatic carbocycles. The predicted octanol–water partition coefficient (Wildman–Crippen LogP) is 0.163. The number of nitrogens with zero attached hydrogens (tertiary/aromatic N) is 3. The third kappa shape index (κ3) is 2.76. The summed E-state index contributed by atoms with van der Waals surface area (Å²) in [6.07, 6.45) is 2.76. The Morgan fingerprint density at radius 3 is 2.70 bits per heavy atom. The van der Waals surface area contributed by atoms with Gasteiger partial charge in [-0.2, -0.15) is 0 Å². The number of aromatic amines is 1. The van der Waals surface area contributed by atoms with Crippen molar-refractivity contribution >= 4 is 16.9 Å². The molecule has 1 unspecified atom stereocenters. The smallest absolute Gasteiger partial charge is 0.333 e. The molecule has 2 aliphatic rings. The molecule has 2 aromatic heterocycles. The van der Waals surface area contributed by atoms with Crippen LogP contribution in [0.25, 0.3) is 5.52 Å². The van der Waals surface area contributed by atoms with Crippen LogP contribution in [0, 0.1) is 5.82 Å². The number of halogens is 1. The Bertz CT molecular complexity index is 1060. The summed E-state index contributed by atoms with van der Waals surface area (Å²) in [4.78, 5) is 33.4. The van der Waals surface area contributed by atoms with Gasteiger partial charge in [0.2, 0.25) is 0 Å². The van der Waals surface area contributed by atoms with E-state index in [4.69, 9.17) is 15.3 Å². The summed E-state index contributed by atoms with van der Waals surface area (Å²) < 4.78 is 21.6. The Kier molecular flexibility index (Phi) is 4.14. The third-order valence-electron chi connectivity index (χ3n) is 4.99. The molecular formula is C17H20FN5O4. The number of nitrogens with one attached hydrogen (secondary N) is 1. The first-order valence-corrected chi connectivity index (χ1v) is 8.61. The number of rotatable bonds is 4. The predicted molar refractivity (Wildman–Crippen MR) is 97.4 cm³/mol. The van der Waals surface area contributed by atoms with E-state index in [1.807, 2.05) is 0 Å². The summed E-state index contributed by atoms with van der Waals surface area (Å²) in [6, 6.07) is -0.422. The van der Waals surface area contributed by atoms with Crippen LogP contribution in [0.5, 0.6) is 5.75 Å². The van der Waals surface area contributed by atoms with Gasteiger partial charge in [-0.05, 0) is 18.8 Å². The molecule has 3 N–H and O–H groups in total. The largest absolute Gasteiger partial charge is 0.492 e. The number of H-pyrrole nitrogens is 1. The Labute approximate surface area is 153 Å². The molecule has 4 rings (SSSR count). The highest BCUT2D eigenvalue weighted by Gasteiger charge is 2.35. The van der Waals surface area contributed by atoms with Crippen LogP contribution in [0.3, 0.4) is 0 Å². The van der Waals surface area contributed by atoms with E-state index >= 15 is 4.39 Å². The number of fused-ring (bicyclic) bond motifs is 1. The SMILES string of the molecule is CO/N=C1/CN(c2c(F)cn3c(=O)[nH]c(=O)c(C4CC4)c3c2OC)CC1N. The van der Waals surface area contributed by atoms with Crippen molar-refractivity contribution in [2.45, 2.75) is 24.8 Å². The number of hydrogen-bond donors (Lipinski definition) is 2. The number of aromatic nitrogens is 2. The average molecular weight is 377 g/mol. The van der Waals surface area contributed by atoms with Crippen molar-refractivity contribution in [2.24, 2.45) is 10.9 Å². The topological polar surface area (TPSA) is 114 Å². The van der Waals surface area contributed by atoms with Gasteiger partial charge in [-0.3, -0.25) is 14.2 Å². The van der Waals surface area contributed by atoms with Crippen LogP contribution in [-0.2, 0) is 4.84 Å². The van der Waals surface area contributed by atoms with Gasteiger partial charge >= 0.3 is 5.69 Å². The van der Waals surface area contributed by atoms with E-state index in [0.29, 0.717) is 23.3 Å². The molecule has 1 atom stereocenters. The van der Waals surface area contributed by atoms with Crippen LogP contribution in [0.2, 0.25) is 0 Å². The number of nitrogens with two attached hydrogens (primary N) is 1. The van der Waals surface area contributed by atoms with Crippen molar-refractivity contribution in [1.82, 2.24) is 9.38 Å². The van der Waals surface area contributed by atoms with Crippen LogP contribution >= 0.6 is 0 Å². The van der Waals surface area contributed by atoms with Crippen molar-refractivity contribution in [1.29, 1.82) is 0 Å². The summed E-state index contributed by atoms with van der Waals surface area (Å²) in [5.74, 6) is -0.477. The molecule has 2 fully saturated rings. The molecule has 144 valence electrons. The Balaban J connectivity index is 1.98. The maximum absolute atomic E-state index is 15.0. The van der Waals surface area contributed by atoms with Gasteiger partial charge in [0, 0.05) is 12.1 Å². The van der Waals surface area contributed by atoms with Crippen LogP contribution in [0.15, 0.2) is 20.9 Å². The second-order valence-corrected chi connectivity index (χ2v) is 6.78. The molecule has 1 aliphatic heterocycles. The molecule has 9 nitrogen and oxygen atoms in total. The molecular weight excluding hydrogens is 357 g/mol. The number of ether oxygens (including phenoxy) is 1. The first-order chi connectivity index (χ1) is 13.0. The Hall–Kier alpha value is -2.88. The fraction of sp³-hybridized carbons (Fsp3) is 0.471. The number of hydrogen-bond acceptors (Lipinski definition) is 7. The van der Waals surface area contributed by atoms with Crippen molar-refractivity contribution in [3.05, 3.63) is 38.4 Å². The van der Waals surface area contributed by atoms with E-state index in [1.165, 1.54) is 14.2 Å². The van der Waals surface area contributed by atoms with E-state index < -0.39 is 23.1 Å². The first kappa shape index (κ1) is 17.5. The average Bonchev–Trinajstić information content (AvgIpc) is 3.39. The third-order valence-corrected chi connectivity index (χ3v) is 4.99. The minimum absolute atomic E-state index is 0.0306. The standard InChI is InChI=1S/C17H20FN5O4/c1-26-15-13(22-6-10(19)11(7-22)21-27-2)9(18)5-23-14(15)12(8-3-4-8)16(24)20-17(23)25/h5,8,10H,3-4,6-7,19H2,1-2H3,(H,20,24,25)/b21-11-. The second kappa shape index (κ2) is 6.38. The molecule has 1 saturated heterocycles. The minimum Gasteiger partial charge on any atom is -0.492 e. The summed E-state index contributed by atoms with van der Waals surface area (Å²) in [5.41, 5.74) is 6.37. The number of anilines is 1. The lowest BCUT2D eigenvalue weighted by Gasteiger charge is -2.23. The van der Waals surface area contributed by atoms with E-state index in [9.17, 15) is 9.59 Å². The summed E-state index contributed by atoms with van der Waals surface area (Å²) >= 11 is 0. The number of pyridine rings is 1. The van der Waals surface area contributed by atoms with Crippen molar-refractivity contribution in [3.63, 3.8) is 0 Å². The zero-order valence-electron chi connectivity index (χ0n) is 15.0. The number of methoxy groups -OCH3 is 1. The minimum atomic E-state index is -0.706. The fourth-order valence-electron chi connectivity index (χ4n) is 3.66. The molecule has 2 aromatic rings. The van der Waals surface area contributed by atoms with Gasteiger partial charge in [0.15, 0.2) is 11.6 Å². The summed E-state index contributed by atoms with van der Waals surface area (Å²) in [5, 5.41) is 3.89. The van der Waals surface area contributed by atoms with Crippen LogP contribution in [0.4, 0.5) is 10.1 Å². The van der Waals surface area contributed by atoms with E-state index in [-0.39, 0.29) is 23.9 Å². The van der Waals surface area contributed by atoms with E-state index in [0.717, 1.165) is 23.4 Å². The molecule has 0 amide bonds. The van der Waals surface area contributed by atoms with Crippen LogP contribution in [0.1, 0.15) is 24.3 Å². The summed E-state index contributed by atoms with van der Waals surface area (Å²) in [7, 11) is 2.81.